The summed E-state index contributed by atoms with van der Waals surface area (Å²) >= 11 is 0. The van der Waals surface area contributed by atoms with Gasteiger partial charge in [0.15, 0.2) is 6.10 Å². The van der Waals surface area contributed by atoms with Gasteiger partial charge in [0.2, 0.25) is 0 Å². The predicted octanol–water partition coefficient (Wildman–Crippen LogP) is 2.93. The molecule has 122 valence electrons. The van der Waals surface area contributed by atoms with Crippen LogP contribution in [0.3, 0.4) is 0 Å². The van der Waals surface area contributed by atoms with Crippen LogP contribution in [-0.2, 0) is 6.42 Å². The quantitative estimate of drug-likeness (QED) is 0.794. The summed E-state index contributed by atoms with van der Waals surface area (Å²) in [4.78, 5) is 4.30. The topological polar surface area (TPSA) is 59.6 Å². The van der Waals surface area contributed by atoms with Gasteiger partial charge < -0.3 is 15.8 Å². The number of hydrogen-bond donors (Lipinski definition) is 2. The van der Waals surface area contributed by atoms with Crippen molar-refractivity contribution in [1.29, 1.82) is 0 Å². The monoisotopic (exact) mass is 315 g/mol. The van der Waals surface area contributed by atoms with Gasteiger partial charge in [0.25, 0.3) is 0 Å². The molecule has 1 heterocycles. The fraction of sp³-hybridized carbons (Fsp3) is 0.533. The molecular formula is C15H20F3N3O. The lowest BCUT2D eigenvalue weighted by atomic mass is 10.1. The van der Waals surface area contributed by atoms with Gasteiger partial charge in [-0.05, 0) is 50.6 Å². The van der Waals surface area contributed by atoms with E-state index < -0.39 is 12.6 Å². The molecule has 4 nitrogen and oxygen atoms in total. The minimum atomic E-state index is -4.07. The molecule has 1 aliphatic rings. The number of benzene rings is 1. The fourth-order valence-corrected chi connectivity index (χ4v) is 2.16. The Kier molecular flexibility index (Phi) is 5.28. The number of rotatable bonds is 6. The van der Waals surface area contributed by atoms with Gasteiger partial charge in [-0.2, -0.15) is 13.2 Å². The van der Waals surface area contributed by atoms with Crippen molar-refractivity contribution >= 4 is 11.5 Å². The van der Waals surface area contributed by atoms with E-state index in [9.17, 15) is 13.2 Å². The van der Waals surface area contributed by atoms with Crippen molar-refractivity contribution in [3.8, 4) is 5.75 Å². The zero-order valence-corrected chi connectivity index (χ0v) is 12.4. The highest BCUT2D eigenvalue weighted by Gasteiger charge is 2.25. The van der Waals surface area contributed by atoms with E-state index in [0.29, 0.717) is 36.8 Å². The third kappa shape index (κ3) is 4.91. The van der Waals surface area contributed by atoms with Crippen molar-refractivity contribution < 1.29 is 17.9 Å². The van der Waals surface area contributed by atoms with Gasteiger partial charge in [0.1, 0.15) is 17.3 Å². The molecule has 0 aromatic heterocycles. The average Bonchev–Trinajstić information content (AvgIpc) is 2.43. The summed E-state index contributed by atoms with van der Waals surface area (Å²) in [6, 6.07) is 5.67. The third-order valence-corrected chi connectivity index (χ3v) is 3.40. The van der Waals surface area contributed by atoms with E-state index in [1.807, 2.05) is 25.1 Å². The fourth-order valence-electron chi connectivity index (χ4n) is 2.16. The molecular weight excluding hydrogens is 295 g/mol. The van der Waals surface area contributed by atoms with Crippen LogP contribution in [0.4, 0.5) is 18.9 Å². The molecule has 1 aromatic rings. The van der Waals surface area contributed by atoms with Crippen LogP contribution in [0.2, 0.25) is 0 Å². The van der Waals surface area contributed by atoms with Crippen molar-refractivity contribution in [2.75, 3.05) is 13.1 Å². The maximum atomic E-state index is 12.0. The van der Waals surface area contributed by atoms with Gasteiger partial charge in [-0.1, -0.05) is 6.07 Å². The second-order valence-corrected chi connectivity index (χ2v) is 5.32. The number of ether oxygens (including phenoxy) is 1. The Hall–Kier alpha value is -1.76. The number of nitrogens with zero attached hydrogens (tertiary/aromatic N) is 1. The number of hydrogen-bond acceptors (Lipinski definition) is 4. The minimum absolute atomic E-state index is 0.0975. The highest BCUT2D eigenvalue weighted by molar-refractivity contribution is 5.89. The predicted molar refractivity (Wildman–Crippen MR) is 79.7 cm³/mol. The van der Waals surface area contributed by atoms with Gasteiger partial charge in [-0.3, -0.25) is 0 Å². The van der Waals surface area contributed by atoms with E-state index in [-0.39, 0.29) is 12.5 Å². The Labute approximate surface area is 127 Å². The number of nitrogens with two attached hydrogens (primary N) is 1. The minimum Gasteiger partial charge on any atom is -0.481 e. The van der Waals surface area contributed by atoms with Gasteiger partial charge in [-0.15, -0.1) is 0 Å². The van der Waals surface area contributed by atoms with Gasteiger partial charge in [0, 0.05) is 6.42 Å². The normalized spacial score (nSPS) is 17.6. The van der Waals surface area contributed by atoms with Crippen LogP contribution >= 0.6 is 0 Å². The first kappa shape index (κ1) is 16.6. The summed E-state index contributed by atoms with van der Waals surface area (Å²) < 4.78 is 41.6. The molecule has 0 fully saturated rings. The molecule has 0 saturated heterocycles. The molecule has 1 atom stereocenters. The lowest BCUT2D eigenvalue weighted by Crippen LogP contribution is -2.33. The average molecular weight is 315 g/mol. The van der Waals surface area contributed by atoms with E-state index in [4.69, 9.17) is 10.5 Å². The molecule has 3 N–H and O–H groups in total. The van der Waals surface area contributed by atoms with Crippen LogP contribution < -0.4 is 15.8 Å². The second-order valence-electron chi connectivity index (χ2n) is 5.32. The van der Waals surface area contributed by atoms with Crippen molar-refractivity contribution in [3.63, 3.8) is 0 Å². The number of aliphatic imine (C=N–C) groups is 1. The molecule has 0 bridgehead atoms. The molecule has 1 aromatic carbocycles. The Balaban J connectivity index is 1.77. The molecule has 0 unspecified atom stereocenters. The van der Waals surface area contributed by atoms with E-state index in [1.54, 1.807) is 0 Å². The van der Waals surface area contributed by atoms with E-state index in [0.717, 1.165) is 5.56 Å². The summed E-state index contributed by atoms with van der Waals surface area (Å²) in [5.74, 6) is 1.14. The van der Waals surface area contributed by atoms with Crippen molar-refractivity contribution in [2.24, 2.45) is 10.7 Å². The Morgan fingerprint density at radius 3 is 2.82 bits per heavy atom. The highest BCUT2D eigenvalue weighted by Crippen LogP contribution is 2.32. The summed E-state index contributed by atoms with van der Waals surface area (Å²) in [5.41, 5.74) is 7.49. The maximum Gasteiger partial charge on any atom is 0.389 e. The van der Waals surface area contributed by atoms with Crippen LogP contribution in [-0.4, -0.2) is 31.2 Å². The first-order valence-electron chi connectivity index (χ1n) is 7.26. The van der Waals surface area contributed by atoms with E-state index >= 15 is 0 Å². The summed E-state index contributed by atoms with van der Waals surface area (Å²) in [7, 11) is 0. The Morgan fingerprint density at radius 2 is 2.09 bits per heavy atom. The molecule has 0 spiro atoms. The number of fused-ring (bicyclic) bond motifs is 1. The van der Waals surface area contributed by atoms with E-state index in [2.05, 4.69) is 10.3 Å². The zero-order valence-electron chi connectivity index (χ0n) is 12.4. The molecule has 22 heavy (non-hydrogen) atoms. The SMILES string of the molecule is C[C@H]1Oc2ccc(CCNCCCC(F)(F)F)cc2N=C1N. The van der Waals surface area contributed by atoms with Crippen LogP contribution in [0, 0.1) is 0 Å². The van der Waals surface area contributed by atoms with Gasteiger partial charge in [0.05, 0.1) is 0 Å². The van der Waals surface area contributed by atoms with Crippen LogP contribution in [0.15, 0.2) is 23.2 Å². The van der Waals surface area contributed by atoms with Crippen molar-refractivity contribution in [3.05, 3.63) is 23.8 Å². The largest absolute Gasteiger partial charge is 0.481 e. The first-order chi connectivity index (χ1) is 10.3. The van der Waals surface area contributed by atoms with Gasteiger partial charge in [-0.25, -0.2) is 4.99 Å². The molecule has 2 rings (SSSR count). The van der Waals surface area contributed by atoms with Crippen LogP contribution in [0.5, 0.6) is 5.75 Å². The van der Waals surface area contributed by atoms with Crippen LogP contribution in [0.25, 0.3) is 0 Å². The molecule has 0 aliphatic carbocycles. The lowest BCUT2D eigenvalue weighted by Gasteiger charge is -2.21. The Bertz CT molecular complexity index is 543. The standard InChI is InChI=1S/C15H20F3N3O/c1-10-14(19)21-12-9-11(3-4-13(12)22-10)5-8-20-7-2-6-15(16,17)18/h3-4,9-10,20H,2,5-8H2,1H3,(H2,19,21)/t10-/m1/s1. The Morgan fingerprint density at radius 1 is 1.32 bits per heavy atom. The van der Waals surface area contributed by atoms with Crippen molar-refractivity contribution in [1.82, 2.24) is 5.32 Å². The molecule has 0 amide bonds. The van der Waals surface area contributed by atoms with E-state index in [1.165, 1.54) is 0 Å². The third-order valence-electron chi connectivity index (χ3n) is 3.40. The molecule has 0 radical (unpaired) electrons. The van der Waals surface area contributed by atoms with Gasteiger partial charge >= 0.3 is 6.18 Å². The number of nitrogens with one attached hydrogen (secondary N) is 1. The van der Waals surface area contributed by atoms with Crippen LogP contribution in [0.1, 0.15) is 25.3 Å². The number of halogens is 3. The molecule has 7 heteroatoms. The molecule has 0 saturated carbocycles. The highest BCUT2D eigenvalue weighted by atomic mass is 19.4. The first-order valence-corrected chi connectivity index (χ1v) is 7.26. The second kappa shape index (κ2) is 7.00. The summed E-state index contributed by atoms with van der Waals surface area (Å²) in [6.45, 7) is 2.81. The summed E-state index contributed by atoms with van der Waals surface area (Å²) in [6.07, 6.45) is -4.24. The van der Waals surface area contributed by atoms with Crippen molar-refractivity contribution in [2.45, 2.75) is 38.5 Å². The maximum absolute atomic E-state index is 12.0. The smallest absolute Gasteiger partial charge is 0.389 e. The lowest BCUT2D eigenvalue weighted by molar-refractivity contribution is -0.135. The zero-order chi connectivity index (χ0) is 16.2. The molecule has 1 aliphatic heterocycles. The summed E-state index contributed by atoms with van der Waals surface area (Å²) in [5, 5.41) is 3.01. The number of amidine groups is 1. The number of alkyl halides is 3.